The van der Waals surface area contributed by atoms with E-state index < -0.39 is 39.5 Å². The Labute approximate surface area is 179 Å². The predicted molar refractivity (Wildman–Crippen MR) is 106 cm³/mol. The second-order valence-corrected chi connectivity index (χ2v) is 8.52. The molecule has 4 rings (SSSR count). The molecule has 158 valence electrons. The third kappa shape index (κ3) is 2.52. The molecule has 1 aliphatic carbocycles. The van der Waals surface area contributed by atoms with E-state index >= 15 is 0 Å². The molecular formula is C22H21N5O4. The van der Waals surface area contributed by atoms with Crippen molar-refractivity contribution in [2.75, 3.05) is 0 Å². The Morgan fingerprint density at radius 3 is 2.45 bits per heavy atom. The Morgan fingerprint density at radius 1 is 1.23 bits per heavy atom. The zero-order chi connectivity index (χ0) is 22.4. The van der Waals surface area contributed by atoms with Gasteiger partial charge in [-0.25, -0.2) is 0 Å². The molecular weight excluding hydrogens is 398 g/mol. The normalized spacial score (nSPS) is 35.0. The number of hydrogen-bond acceptors (Lipinski definition) is 8. The van der Waals surface area contributed by atoms with Gasteiger partial charge in [0.25, 0.3) is 5.69 Å². The van der Waals surface area contributed by atoms with Gasteiger partial charge in [0.05, 0.1) is 29.0 Å². The molecule has 9 nitrogen and oxygen atoms in total. The summed E-state index contributed by atoms with van der Waals surface area (Å²) < 4.78 is 12.2. The lowest BCUT2D eigenvalue weighted by molar-refractivity contribution is -0.384. The smallest absolute Gasteiger partial charge is 0.269 e. The summed E-state index contributed by atoms with van der Waals surface area (Å²) in [6, 6.07) is 11.6. The number of nitro benzene ring substituents is 1. The minimum Gasteiger partial charge on any atom is -0.447 e. The lowest BCUT2D eigenvalue weighted by Gasteiger charge is -2.52. The van der Waals surface area contributed by atoms with E-state index in [9.17, 15) is 25.9 Å². The molecule has 1 N–H and O–H groups in total. The Kier molecular flexibility index (Phi) is 4.72. The van der Waals surface area contributed by atoms with Crippen LogP contribution in [0.15, 0.2) is 24.3 Å². The summed E-state index contributed by atoms with van der Waals surface area (Å²) in [4.78, 5) is 10.5. The van der Waals surface area contributed by atoms with Crippen molar-refractivity contribution in [1.29, 1.82) is 21.2 Å². The number of nitriles is 3. The summed E-state index contributed by atoms with van der Waals surface area (Å²) in [5.74, 6) is -1.98. The lowest BCUT2D eigenvalue weighted by atomic mass is 9.50. The highest BCUT2D eigenvalue weighted by molar-refractivity contribution is 5.89. The quantitative estimate of drug-likeness (QED) is 0.567. The first-order valence-electron chi connectivity index (χ1n) is 10.3. The number of ether oxygens (including phenoxy) is 2. The third-order valence-electron chi connectivity index (χ3n) is 7.12. The van der Waals surface area contributed by atoms with Crippen molar-refractivity contribution in [2.24, 2.45) is 22.7 Å². The molecule has 2 bridgehead atoms. The van der Waals surface area contributed by atoms with Crippen LogP contribution in [0.3, 0.4) is 0 Å². The highest BCUT2D eigenvalue weighted by Gasteiger charge is 2.80. The Balaban J connectivity index is 1.89. The van der Waals surface area contributed by atoms with Crippen LogP contribution >= 0.6 is 0 Å². The largest absolute Gasteiger partial charge is 0.447 e. The first-order valence-corrected chi connectivity index (χ1v) is 10.3. The topological polar surface area (TPSA) is 157 Å². The molecule has 0 radical (unpaired) electrons. The number of nitro groups is 1. The van der Waals surface area contributed by atoms with Gasteiger partial charge >= 0.3 is 0 Å². The fraction of sp³-hybridized carbons (Fsp3) is 0.545. The van der Waals surface area contributed by atoms with Crippen molar-refractivity contribution in [2.45, 2.75) is 50.9 Å². The van der Waals surface area contributed by atoms with E-state index in [-0.39, 0.29) is 5.69 Å². The van der Waals surface area contributed by atoms with E-state index in [0.717, 1.165) is 19.3 Å². The van der Waals surface area contributed by atoms with Crippen LogP contribution in [0.2, 0.25) is 0 Å². The molecule has 0 spiro atoms. The highest BCUT2D eigenvalue weighted by Crippen LogP contribution is 2.70. The molecule has 5 unspecified atom stereocenters. The molecule has 0 aromatic heterocycles. The minimum absolute atomic E-state index is 0.142. The van der Waals surface area contributed by atoms with Crippen LogP contribution in [0, 0.1) is 72.2 Å². The van der Waals surface area contributed by atoms with E-state index in [2.05, 4.69) is 13.0 Å². The Hall–Kier alpha value is -3.48. The Bertz CT molecular complexity index is 1050. The van der Waals surface area contributed by atoms with Crippen molar-refractivity contribution < 1.29 is 14.4 Å². The van der Waals surface area contributed by atoms with E-state index in [1.54, 1.807) is 0 Å². The van der Waals surface area contributed by atoms with Gasteiger partial charge in [0, 0.05) is 18.6 Å². The highest BCUT2D eigenvalue weighted by atomic mass is 16.7. The molecule has 2 aliphatic heterocycles. The molecule has 3 fully saturated rings. The fourth-order valence-corrected chi connectivity index (χ4v) is 5.66. The summed E-state index contributed by atoms with van der Waals surface area (Å²) in [5, 5.41) is 50.4. The molecule has 1 aromatic rings. The third-order valence-corrected chi connectivity index (χ3v) is 7.12. The van der Waals surface area contributed by atoms with Gasteiger partial charge in [-0.05, 0) is 36.5 Å². The molecule has 9 heteroatoms. The molecule has 1 aromatic carbocycles. The lowest BCUT2D eigenvalue weighted by Crippen LogP contribution is -2.61. The molecule has 2 saturated heterocycles. The molecule has 2 heterocycles. The zero-order valence-corrected chi connectivity index (χ0v) is 17.0. The van der Waals surface area contributed by atoms with Crippen LogP contribution in [0.1, 0.15) is 50.7 Å². The van der Waals surface area contributed by atoms with Crippen molar-refractivity contribution >= 4 is 11.6 Å². The maximum absolute atomic E-state index is 11.0. The fourth-order valence-electron chi connectivity index (χ4n) is 5.66. The van der Waals surface area contributed by atoms with E-state index in [1.165, 1.54) is 24.3 Å². The standard InChI is InChI=1S/C22H21N5O4/c1-2-3-14-8-9-22-17(10-14)21(13-25,19(26)31-22)20(11-23,12-24)18(30-22)15-4-6-16(7-5-15)27(28)29/h4-7,14,17-18,26H,2-3,8-10H2,1H3. The molecule has 31 heavy (non-hydrogen) atoms. The van der Waals surface area contributed by atoms with Gasteiger partial charge < -0.3 is 9.47 Å². The van der Waals surface area contributed by atoms with E-state index in [4.69, 9.17) is 14.9 Å². The number of rotatable bonds is 4. The van der Waals surface area contributed by atoms with Crippen LogP contribution < -0.4 is 0 Å². The van der Waals surface area contributed by atoms with Crippen molar-refractivity contribution in [3.63, 3.8) is 0 Å². The van der Waals surface area contributed by atoms with Crippen LogP contribution in [-0.4, -0.2) is 16.6 Å². The summed E-state index contributed by atoms with van der Waals surface area (Å²) in [5.41, 5.74) is -3.60. The van der Waals surface area contributed by atoms with Crippen LogP contribution in [0.4, 0.5) is 5.69 Å². The number of hydrogen-bond donors (Lipinski definition) is 1. The molecule has 1 saturated carbocycles. The van der Waals surface area contributed by atoms with E-state index in [1.807, 2.05) is 12.1 Å². The van der Waals surface area contributed by atoms with Crippen molar-refractivity contribution in [3.05, 3.63) is 39.9 Å². The van der Waals surface area contributed by atoms with Crippen molar-refractivity contribution in [1.82, 2.24) is 0 Å². The summed E-state index contributed by atoms with van der Waals surface area (Å²) in [6.45, 7) is 2.08. The first kappa shape index (κ1) is 20.8. The average Bonchev–Trinajstić information content (AvgIpc) is 2.98. The molecule has 0 amide bonds. The van der Waals surface area contributed by atoms with Gasteiger partial charge in [-0.15, -0.1) is 0 Å². The van der Waals surface area contributed by atoms with E-state index in [0.29, 0.717) is 24.3 Å². The number of non-ortho nitro benzene ring substituents is 1. The Morgan fingerprint density at radius 2 is 1.90 bits per heavy atom. The summed E-state index contributed by atoms with van der Waals surface area (Å²) in [6.07, 6.45) is 2.49. The van der Waals surface area contributed by atoms with Crippen LogP contribution in [0.5, 0.6) is 0 Å². The predicted octanol–water partition coefficient (Wildman–Crippen LogP) is 4.13. The molecule has 5 atom stereocenters. The first-order chi connectivity index (χ1) is 14.8. The average molecular weight is 419 g/mol. The monoisotopic (exact) mass is 419 g/mol. The number of nitrogens with zero attached hydrogens (tertiary/aromatic N) is 4. The van der Waals surface area contributed by atoms with Gasteiger partial charge in [-0.3, -0.25) is 15.5 Å². The molecule has 3 aliphatic rings. The van der Waals surface area contributed by atoms with Gasteiger partial charge in [0.1, 0.15) is 6.10 Å². The SMILES string of the molecule is CCCC1CCC23OC(=N)C(C#N)(C2C1)C(C#N)(C#N)C(c1ccc([N+](=O)[O-])cc1)O3. The maximum Gasteiger partial charge on any atom is 0.269 e. The van der Waals surface area contributed by atoms with Gasteiger partial charge in [-0.2, -0.15) is 15.8 Å². The van der Waals surface area contributed by atoms with Crippen LogP contribution in [0.25, 0.3) is 0 Å². The van der Waals surface area contributed by atoms with Gasteiger partial charge in [-0.1, -0.05) is 19.8 Å². The van der Waals surface area contributed by atoms with Crippen molar-refractivity contribution in [3.8, 4) is 18.2 Å². The second-order valence-electron chi connectivity index (χ2n) is 8.52. The second kappa shape index (κ2) is 7.04. The number of nitrogens with one attached hydrogen (secondary N) is 1. The zero-order valence-electron chi connectivity index (χ0n) is 17.0. The maximum atomic E-state index is 11.0. The summed E-state index contributed by atoms with van der Waals surface area (Å²) >= 11 is 0. The van der Waals surface area contributed by atoms with Gasteiger partial charge in [0.2, 0.25) is 17.1 Å². The van der Waals surface area contributed by atoms with Gasteiger partial charge in [0.15, 0.2) is 5.41 Å². The summed E-state index contributed by atoms with van der Waals surface area (Å²) in [7, 11) is 0. The number of benzene rings is 1. The van der Waals surface area contributed by atoms with Crippen LogP contribution in [-0.2, 0) is 9.47 Å². The minimum atomic E-state index is -2.03.